The van der Waals surface area contributed by atoms with Gasteiger partial charge in [0.05, 0.1) is 4.90 Å². The van der Waals surface area contributed by atoms with Crippen LogP contribution in [0.2, 0.25) is 0 Å². The highest BCUT2D eigenvalue weighted by Crippen LogP contribution is 2.20. The van der Waals surface area contributed by atoms with Crippen molar-refractivity contribution < 1.29 is 22.7 Å². The fourth-order valence-electron chi connectivity index (χ4n) is 2.52. The number of hydrogen-bond donors (Lipinski definition) is 3. The first kappa shape index (κ1) is 19.5. The highest BCUT2D eigenvalue weighted by atomic mass is 32.2. The molecule has 0 radical (unpaired) electrons. The van der Waals surface area contributed by atoms with Crippen molar-refractivity contribution in [2.45, 2.75) is 11.8 Å². The second-order valence-corrected chi connectivity index (χ2v) is 7.78. The molecule has 146 valence electrons. The molecule has 9 nitrogen and oxygen atoms in total. The van der Waals surface area contributed by atoms with E-state index in [-0.39, 0.29) is 16.3 Å². The molecule has 28 heavy (non-hydrogen) atoms. The molecule has 0 aliphatic carbocycles. The second-order valence-electron chi connectivity index (χ2n) is 5.92. The average Bonchev–Trinajstić information content (AvgIpc) is 3.15. The average molecular weight is 402 g/mol. The standard InChI is InChI=1S/C18H18N4O5S/c1-11-3-5-13(9-15(11)28(25,26)19-2)21-16(23)10-27-18(24)14-6-4-12-7-8-20-17(12)22-14/h3-9,19H,10H2,1-2H3,(H,20,22)(H,21,23). The van der Waals surface area contributed by atoms with Crippen LogP contribution in [0.15, 0.2) is 47.5 Å². The Labute approximate surface area is 161 Å². The Morgan fingerprint density at radius 1 is 1.18 bits per heavy atom. The van der Waals surface area contributed by atoms with E-state index < -0.39 is 28.5 Å². The van der Waals surface area contributed by atoms with Crippen LogP contribution in [0, 0.1) is 6.92 Å². The predicted octanol–water partition coefficient (Wildman–Crippen LogP) is 1.57. The molecule has 2 heterocycles. The van der Waals surface area contributed by atoms with Crippen LogP contribution in [0.3, 0.4) is 0 Å². The molecule has 1 amide bonds. The molecule has 0 bridgehead atoms. The number of amides is 1. The monoisotopic (exact) mass is 402 g/mol. The third-order valence-electron chi connectivity index (χ3n) is 3.98. The number of nitrogens with one attached hydrogen (secondary N) is 3. The lowest BCUT2D eigenvalue weighted by atomic mass is 10.2. The molecule has 0 saturated carbocycles. The first-order valence-electron chi connectivity index (χ1n) is 8.25. The number of ether oxygens (including phenoxy) is 1. The Balaban J connectivity index is 1.64. The van der Waals surface area contributed by atoms with Gasteiger partial charge in [-0.1, -0.05) is 6.07 Å². The molecule has 0 fully saturated rings. The number of benzene rings is 1. The molecule has 0 spiro atoms. The highest BCUT2D eigenvalue weighted by Gasteiger charge is 2.17. The SMILES string of the molecule is CNS(=O)(=O)c1cc(NC(=O)COC(=O)c2ccc3cc[nH]c3n2)ccc1C. The number of aromatic nitrogens is 2. The quantitative estimate of drug-likeness (QED) is 0.537. The lowest BCUT2D eigenvalue weighted by Crippen LogP contribution is -2.22. The number of fused-ring (bicyclic) bond motifs is 1. The smallest absolute Gasteiger partial charge is 0.357 e. The summed E-state index contributed by atoms with van der Waals surface area (Å²) in [7, 11) is -2.36. The third kappa shape index (κ3) is 4.18. The predicted molar refractivity (Wildman–Crippen MR) is 102 cm³/mol. The molecule has 0 saturated heterocycles. The van der Waals surface area contributed by atoms with Crippen molar-refractivity contribution >= 4 is 38.6 Å². The molecule has 3 aromatic rings. The number of H-pyrrole nitrogens is 1. The number of pyridine rings is 1. The van der Waals surface area contributed by atoms with Gasteiger partial charge in [-0.2, -0.15) is 0 Å². The summed E-state index contributed by atoms with van der Waals surface area (Å²) < 4.78 is 31.2. The van der Waals surface area contributed by atoms with E-state index >= 15 is 0 Å². The van der Waals surface area contributed by atoms with E-state index in [1.165, 1.54) is 19.2 Å². The molecule has 10 heteroatoms. The summed E-state index contributed by atoms with van der Waals surface area (Å²) in [6.07, 6.45) is 1.70. The van der Waals surface area contributed by atoms with Crippen LogP contribution in [-0.2, 0) is 19.6 Å². The molecule has 0 unspecified atom stereocenters. The minimum atomic E-state index is -3.66. The van der Waals surface area contributed by atoms with Crippen molar-refractivity contribution in [1.82, 2.24) is 14.7 Å². The number of carbonyl (C=O) groups excluding carboxylic acids is 2. The third-order valence-corrected chi connectivity index (χ3v) is 5.54. The molecule has 3 rings (SSSR count). The van der Waals surface area contributed by atoms with Gasteiger partial charge < -0.3 is 15.0 Å². The van der Waals surface area contributed by atoms with Gasteiger partial charge in [0.15, 0.2) is 12.3 Å². The fraction of sp³-hybridized carbons (Fsp3) is 0.167. The number of carbonyl (C=O) groups is 2. The molecule has 0 aliphatic rings. The van der Waals surface area contributed by atoms with Crippen LogP contribution in [0.25, 0.3) is 11.0 Å². The number of nitrogens with zero attached hydrogens (tertiary/aromatic N) is 1. The van der Waals surface area contributed by atoms with E-state index in [9.17, 15) is 18.0 Å². The van der Waals surface area contributed by atoms with E-state index in [1.807, 2.05) is 6.07 Å². The Morgan fingerprint density at radius 2 is 1.96 bits per heavy atom. The summed E-state index contributed by atoms with van der Waals surface area (Å²) in [4.78, 5) is 31.2. The number of sulfonamides is 1. The maximum absolute atomic E-state index is 12.1. The van der Waals surface area contributed by atoms with Crippen molar-refractivity contribution in [1.29, 1.82) is 0 Å². The minimum Gasteiger partial charge on any atom is -0.451 e. The molecule has 1 aromatic carbocycles. The van der Waals surface area contributed by atoms with Crippen molar-refractivity contribution in [3.63, 3.8) is 0 Å². The molecule has 3 N–H and O–H groups in total. The zero-order valence-electron chi connectivity index (χ0n) is 15.1. The van der Waals surface area contributed by atoms with Gasteiger partial charge in [-0.3, -0.25) is 4.79 Å². The van der Waals surface area contributed by atoms with Crippen molar-refractivity contribution in [2.24, 2.45) is 0 Å². The van der Waals surface area contributed by atoms with Gasteiger partial charge in [0.1, 0.15) is 5.65 Å². The van der Waals surface area contributed by atoms with Gasteiger partial charge in [0.2, 0.25) is 10.0 Å². The highest BCUT2D eigenvalue weighted by molar-refractivity contribution is 7.89. The summed E-state index contributed by atoms with van der Waals surface area (Å²) in [6.45, 7) is 1.11. The number of hydrogen-bond acceptors (Lipinski definition) is 6. The number of aromatic amines is 1. The van der Waals surface area contributed by atoms with Crippen molar-refractivity contribution in [3.05, 3.63) is 53.9 Å². The van der Waals surface area contributed by atoms with E-state index in [0.29, 0.717) is 11.2 Å². The lowest BCUT2D eigenvalue weighted by Gasteiger charge is -2.10. The van der Waals surface area contributed by atoms with Crippen molar-refractivity contribution in [2.75, 3.05) is 19.0 Å². The van der Waals surface area contributed by atoms with E-state index in [0.717, 1.165) is 5.39 Å². The first-order valence-corrected chi connectivity index (χ1v) is 9.74. The second kappa shape index (κ2) is 7.79. The normalized spacial score (nSPS) is 11.4. The lowest BCUT2D eigenvalue weighted by molar-refractivity contribution is -0.119. The summed E-state index contributed by atoms with van der Waals surface area (Å²) in [5.74, 6) is -1.35. The maximum atomic E-state index is 12.1. The summed E-state index contributed by atoms with van der Waals surface area (Å²) in [5.41, 5.74) is 1.41. The van der Waals surface area contributed by atoms with Crippen LogP contribution in [0.5, 0.6) is 0 Å². The minimum absolute atomic E-state index is 0.0493. The largest absolute Gasteiger partial charge is 0.451 e. The van der Waals surface area contributed by atoms with Gasteiger partial charge >= 0.3 is 5.97 Å². The molecule has 0 atom stereocenters. The topological polar surface area (TPSA) is 130 Å². The van der Waals surface area contributed by atoms with Gasteiger partial charge in [0.25, 0.3) is 5.91 Å². The Morgan fingerprint density at radius 3 is 2.71 bits per heavy atom. The van der Waals surface area contributed by atoms with E-state index in [2.05, 4.69) is 20.0 Å². The van der Waals surface area contributed by atoms with Crippen LogP contribution in [-0.4, -0.2) is 43.9 Å². The van der Waals surface area contributed by atoms with Gasteiger partial charge in [-0.05, 0) is 49.9 Å². The molecule has 0 aliphatic heterocycles. The fourth-order valence-corrected chi connectivity index (χ4v) is 3.52. The van der Waals surface area contributed by atoms with Gasteiger partial charge in [-0.15, -0.1) is 0 Å². The summed E-state index contributed by atoms with van der Waals surface area (Å²) in [5, 5.41) is 3.35. The van der Waals surface area contributed by atoms with E-state index in [1.54, 1.807) is 31.3 Å². The number of rotatable bonds is 6. The van der Waals surface area contributed by atoms with Crippen LogP contribution in [0.1, 0.15) is 16.1 Å². The molecule has 2 aromatic heterocycles. The maximum Gasteiger partial charge on any atom is 0.357 e. The van der Waals surface area contributed by atoms with Crippen LogP contribution < -0.4 is 10.0 Å². The Bertz CT molecular complexity index is 1150. The van der Waals surface area contributed by atoms with Gasteiger partial charge in [0, 0.05) is 17.3 Å². The van der Waals surface area contributed by atoms with Crippen molar-refractivity contribution in [3.8, 4) is 0 Å². The van der Waals surface area contributed by atoms with Crippen LogP contribution in [0.4, 0.5) is 5.69 Å². The number of anilines is 1. The molecular formula is C18H18N4O5S. The zero-order chi connectivity index (χ0) is 20.3. The zero-order valence-corrected chi connectivity index (χ0v) is 16.0. The summed E-state index contributed by atoms with van der Waals surface area (Å²) in [6, 6.07) is 9.50. The number of esters is 1. The number of aryl methyl sites for hydroxylation is 1. The summed E-state index contributed by atoms with van der Waals surface area (Å²) >= 11 is 0. The van der Waals surface area contributed by atoms with Gasteiger partial charge in [-0.25, -0.2) is 22.9 Å². The van der Waals surface area contributed by atoms with E-state index in [4.69, 9.17) is 4.74 Å². The molecular weight excluding hydrogens is 384 g/mol. The Hall–Kier alpha value is -3.24. The Kier molecular flexibility index (Phi) is 5.43. The first-order chi connectivity index (χ1) is 13.3. The van der Waals surface area contributed by atoms with Crippen LogP contribution >= 0.6 is 0 Å².